The van der Waals surface area contributed by atoms with Crippen LogP contribution in [0.4, 0.5) is 17.6 Å². The molecule has 0 saturated carbocycles. The number of aromatic nitrogens is 1. The number of ether oxygens (including phenoxy) is 2. The topological polar surface area (TPSA) is 75.0 Å². The smallest absolute Gasteiger partial charge is 0.194 e. The summed E-state index contributed by atoms with van der Waals surface area (Å²) in [5, 5.41) is 21.6. The van der Waals surface area contributed by atoms with Crippen LogP contribution < -0.4 is 9.47 Å². The van der Waals surface area contributed by atoms with Crippen LogP contribution in [0, 0.1) is 28.7 Å². The van der Waals surface area contributed by atoms with Gasteiger partial charge >= 0.3 is 0 Å². The molecule has 2 aromatic carbocycles. The third-order valence-electron chi connectivity index (χ3n) is 7.24. The lowest BCUT2D eigenvalue weighted by atomic mass is 9.74. The van der Waals surface area contributed by atoms with Crippen LogP contribution in [0.25, 0.3) is 10.9 Å². The number of methoxy groups -OCH3 is 1. The van der Waals surface area contributed by atoms with Gasteiger partial charge in [0.05, 0.1) is 24.9 Å². The van der Waals surface area contributed by atoms with Gasteiger partial charge in [-0.25, -0.2) is 17.6 Å². The molecule has 4 rings (SSSR count). The third kappa shape index (κ3) is 6.14. The van der Waals surface area contributed by atoms with E-state index < -0.39 is 34.8 Å². The van der Waals surface area contributed by atoms with Crippen molar-refractivity contribution in [2.45, 2.75) is 31.8 Å². The van der Waals surface area contributed by atoms with Gasteiger partial charge in [0.1, 0.15) is 23.9 Å². The number of rotatable bonds is 10. The van der Waals surface area contributed by atoms with Crippen LogP contribution in [-0.2, 0) is 0 Å². The lowest BCUT2D eigenvalue weighted by Crippen LogP contribution is -2.43. The lowest BCUT2D eigenvalue weighted by molar-refractivity contribution is 0.0202. The molecule has 6 nitrogen and oxygen atoms in total. The van der Waals surface area contributed by atoms with Gasteiger partial charge in [-0.1, -0.05) is 0 Å². The lowest BCUT2D eigenvalue weighted by Gasteiger charge is -2.41. The number of piperidine rings is 1. The largest absolute Gasteiger partial charge is 0.497 e. The maximum atomic E-state index is 14.7. The molecule has 1 saturated heterocycles. The first kappa shape index (κ1) is 27.1. The molecule has 1 aromatic heterocycles. The second-order valence-corrected chi connectivity index (χ2v) is 9.51. The first-order valence-electron chi connectivity index (χ1n) is 12.2. The molecule has 2 N–H and O–H groups in total. The summed E-state index contributed by atoms with van der Waals surface area (Å²) in [4.78, 5) is 6.19. The number of likely N-dealkylation sites (tertiary alicyclic amines) is 1. The number of nitrogens with zero attached hydrogens (tertiary/aromatic N) is 2. The number of fused-ring (bicyclic) bond motifs is 1. The molecule has 3 aromatic rings. The first-order chi connectivity index (χ1) is 17.7. The Kier molecular flexibility index (Phi) is 8.51. The third-order valence-corrected chi connectivity index (χ3v) is 7.24. The number of aliphatic hydroxyl groups is 2. The fourth-order valence-electron chi connectivity index (χ4n) is 4.87. The van der Waals surface area contributed by atoms with E-state index in [0.717, 1.165) is 18.3 Å². The van der Waals surface area contributed by atoms with Crippen molar-refractivity contribution in [3.8, 4) is 11.5 Å². The van der Waals surface area contributed by atoms with Gasteiger partial charge in [0.15, 0.2) is 17.5 Å². The molecule has 2 heterocycles. The number of benzene rings is 2. The van der Waals surface area contributed by atoms with Gasteiger partial charge in [-0.3, -0.25) is 9.88 Å². The van der Waals surface area contributed by atoms with E-state index in [1.165, 1.54) is 7.11 Å². The Bertz CT molecular complexity index is 1210. The van der Waals surface area contributed by atoms with Gasteiger partial charge in [-0.15, -0.1) is 0 Å². The van der Waals surface area contributed by atoms with Crippen LogP contribution in [0.2, 0.25) is 0 Å². The molecule has 0 bridgehead atoms. The Balaban J connectivity index is 1.32. The SMILES string of the molecule is COc1ccc2ncc(F)c(C(O)CCC3(CO)CCN(CCOc4cc(F)c(F)c(F)c4)CC3)c2c1. The van der Waals surface area contributed by atoms with E-state index in [0.29, 0.717) is 55.5 Å². The summed E-state index contributed by atoms with van der Waals surface area (Å²) in [6.45, 7) is 1.88. The fourth-order valence-corrected chi connectivity index (χ4v) is 4.87. The molecule has 10 heteroatoms. The summed E-state index contributed by atoms with van der Waals surface area (Å²) < 4.78 is 65.1. The van der Waals surface area contributed by atoms with Crippen molar-refractivity contribution in [1.82, 2.24) is 9.88 Å². The molecule has 0 radical (unpaired) electrons. The van der Waals surface area contributed by atoms with Crippen molar-refractivity contribution in [1.29, 1.82) is 0 Å². The van der Waals surface area contributed by atoms with Crippen LogP contribution >= 0.6 is 0 Å². The zero-order valence-electron chi connectivity index (χ0n) is 20.5. The van der Waals surface area contributed by atoms with Gasteiger partial charge in [0.2, 0.25) is 0 Å². The highest BCUT2D eigenvalue weighted by atomic mass is 19.2. The number of aliphatic hydroxyl groups excluding tert-OH is 2. The number of pyridine rings is 1. The summed E-state index contributed by atoms with van der Waals surface area (Å²) >= 11 is 0. The number of hydrogen-bond acceptors (Lipinski definition) is 6. The summed E-state index contributed by atoms with van der Waals surface area (Å²) in [6.07, 6.45) is 2.09. The zero-order chi connectivity index (χ0) is 26.6. The summed E-state index contributed by atoms with van der Waals surface area (Å²) in [6, 6.07) is 6.70. The van der Waals surface area contributed by atoms with Crippen LogP contribution in [-0.4, -0.2) is 60.1 Å². The van der Waals surface area contributed by atoms with Gasteiger partial charge in [-0.05, 0) is 62.4 Å². The molecule has 0 spiro atoms. The second kappa shape index (κ2) is 11.6. The number of hydrogen-bond donors (Lipinski definition) is 2. The van der Waals surface area contributed by atoms with Crippen molar-refractivity contribution in [2.24, 2.45) is 5.41 Å². The van der Waals surface area contributed by atoms with Gasteiger partial charge in [0, 0.05) is 36.2 Å². The van der Waals surface area contributed by atoms with E-state index in [1.54, 1.807) is 18.2 Å². The van der Waals surface area contributed by atoms with Crippen molar-refractivity contribution in [3.63, 3.8) is 0 Å². The summed E-state index contributed by atoms with van der Waals surface area (Å²) in [5.41, 5.74) is 0.299. The van der Waals surface area contributed by atoms with E-state index >= 15 is 0 Å². The molecular weight excluding hydrogens is 492 g/mol. The Morgan fingerprint density at radius 2 is 1.73 bits per heavy atom. The molecule has 1 aliphatic rings. The minimum absolute atomic E-state index is 0.0639. The highest BCUT2D eigenvalue weighted by Crippen LogP contribution is 2.39. The predicted molar refractivity (Wildman–Crippen MR) is 129 cm³/mol. The van der Waals surface area contributed by atoms with E-state index in [9.17, 15) is 27.8 Å². The van der Waals surface area contributed by atoms with Gasteiger partial charge in [0.25, 0.3) is 0 Å². The van der Waals surface area contributed by atoms with Crippen molar-refractivity contribution < 1.29 is 37.2 Å². The highest BCUT2D eigenvalue weighted by molar-refractivity contribution is 5.84. The Morgan fingerprint density at radius 3 is 2.38 bits per heavy atom. The van der Waals surface area contributed by atoms with Crippen molar-refractivity contribution >= 4 is 10.9 Å². The molecule has 1 atom stereocenters. The molecule has 200 valence electrons. The highest BCUT2D eigenvalue weighted by Gasteiger charge is 2.35. The van der Waals surface area contributed by atoms with Gasteiger partial charge < -0.3 is 19.7 Å². The average molecular weight is 523 g/mol. The maximum Gasteiger partial charge on any atom is 0.194 e. The minimum Gasteiger partial charge on any atom is -0.497 e. The van der Waals surface area contributed by atoms with E-state index in [2.05, 4.69) is 9.88 Å². The van der Waals surface area contributed by atoms with E-state index in [-0.39, 0.29) is 30.9 Å². The normalized spacial score (nSPS) is 16.6. The Morgan fingerprint density at radius 1 is 1.03 bits per heavy atom. The maximum absolute atomic E-state index is 14.7. The molecule has 1 aliphatic heterocycles. The fraction of sp³-hybridized carbons (Fsp3) is 0.444. The summed E-state index contributed by atoms with van der Waals surface area (Å²) in [5.74, 6) is -4.29. The van der Waals surface area contributed by atoms with Crippen LogP contribution in [0.5, 0.6) is 11.5 Å². The molecule has 1 unspecified atom stereocenters. The van der Waals surface area contributed by atoms with Crippen LogP contribution in [0.1, 0.15) is 37.4 Å². The Hall–Kier alpha value is -2.95. The molecule has 0 aliphatic carbocycles. The summed E-state index contributed by atoms with van der Waals surface area (Å²) in [7, 11) is 1.51. The van der Waals surface area contributed by atoms with Crippen molar-refractivity contribution in [3.05, 3.63) is 65.4 Å². The second-order valence-electron chi connectivity index (χ2n) is 9.51. The molecule has 37 heavy (non-hydrogen) atoms. The first-order valence-corrected chi connectivity index (χ1v) is 12.2. The standard InChI is InChI=1S/C27H30F4N2O4/c1-36-17-2-3-23-19(12-17)25(22(30)15-32-23)24(35)4-5-27(16-34)6-8-33(9-7-27)10-11-37-18-13-20(28)26(31)21(29)14-18/h2-3,12-15,24,34-35H,4-11,16H2,1H3. The molecular formula is C27H30F4N2O4. The average Bonchev–Trinajstić information content (AvgIpc) is 2.90. The van der Waals surface area contributed by atoms with Crippen molar-refractivity contribution in [2.75, 3.05) is 40.0 Å². The van der Waals surface area contributed by atoms with Gasteiger partial charge in [-0.2, -0.15) is 0 Å². The molecule has 1 fully saturated rings. The number of halogens is 4. The van der Waals surface area contributed by atoms with E-state index in [1.807, 2.05) is 0 Å². The quantitative estimate of drug-likeness (QED) is 0.295. The predicted octanol–water partition coefficient (Wildman–Crippen LogP) is 4.77. The monoisotopic (exact) mass is 522 g/mol. The molecule has 0 amide bonds. The van der Waals surface area contributed by atoms with Crippen LogP contribution in [0.3, 0.4) is 0 Å². The Labute approximate surface area is 212 Å². The minimum atomic E-state index is -1.53. The van der Waals surface area contributed by atoms with Crippen LogP contribution in [0.15, 0.2) is 36.5 Å². The van der Waals surface area contributed by atoms with E-state index in [4.69, 9.17) is 9.47 Å². The zero-order valence-corrected chi connectivity index (χ0v) is 20.5.